The van der Waals surface area contributed by atoms with E-state index in [2.05, 4.69) is 36.8 Å². The maximum absolute atomic E-state index is 11.2. The monoisotopic (exact) mass is 394 g/mol. The molecule has 2 aromatic carbocycles. The van der Waals surface area contributed by atoms with Crippen molar-refractivity contribution in [2.24, 2.45) is 0 Å². The number of hydrogen-bond acceptors (Lipinski definition) is 2. The van der Waals surface area contributed by atoms with Gasteiger partial charge in [-0.15, -0.1) is 0 Å². The van der Waals surface area contributed by atoms with E-state index in [1.807, 2.05) is 28.8 Å². The molecule has 6 heteroatoms. The average Bonchev–Trinajstić information content (AvgIpc) is 2.82. The summed E-state index contributed by atoms with van der Waals surface area (Å²) < 4.78 is 3.72. The zero-order valence-electron chi connectivity index (χ0n) is 10.0. The number of aromatic carboxylic acids is 1. The molecular formula is C14H8Br2N2O2. The number of carboxylic acids is 1. The SMILES string of the molecule is O=C(O)c1cccc2c1ncn2-c1ccc(Br)cc1Br. The minimum atomic E-state index is -0.976. The number of para-hydroxylation sites is 1. The number of nitrogens with zero attached hydrogens (tertiary/aromatic N) is 2. The van der Waals surface area contributed by atoms with Crippen LogP contribution in [0.15, 0.2) is 51.7 Å². The molecule has 0 saturated heterocycles. The third-order valence-corrected chi connectivity index (χ3v) is 4.10. The topological polar surface area (TPSA) is 55.1 Å². The number of carboxylic acid groups (broad SMARTS) is 1. The fourth-order valence-electron chi connectivity index (χ4n) is 2.08. The first-order chi connectivity index (χ1) is 9.58. The number of carbonyl (C=O) groups is 1. The van der Waals surface area contributed by atoms with Gasteiger partial charge >= 0.3 is 5.97 Å². The molecule has 20 heavy (non-hydrogen) atoms. The maximum atomic E-state index is 11.2. The van der Waals surface area contributed by atoms with Gasteiger partial charge in [-0.3, -0.25) is 4.57 Å². The van der Waals surface area contributed by atoms with E-state index in [4.69, 9.17) is 0 Å². The molecule has 0 unspecified atom stereocenters. The van der Waals surface area contributed by atoms with Crippen LogP contribution in [0.4, 0.5) is 0 Å². The third-order valence-electron chi connectivity index (χ3n) is 2.98. The Morgan fingerprint density at radius 3 is 2.70 bits per heavy atom. The number of halogens is 2. The Kier molecular flexibility index (Phi) is 3.35. The van der Waals surface area contributed by atoms with Gasteiger partial charge in [0.1, 0.15) is 11.8 Å². The predicted molar refractivity (Wildman–Crippen MR) is 83.4 cm³/mol. The summed E-state index contributed by atoms with van der Waals surface area (Å²) >= 11 is 6.91. The summed E-state index contributed by atoms with van der Waals surface area (Å²) in [5, 5.41) is 9.19. The number of benzene rings is 2. The number of rotatable bonds is 2. The standard InChI is InChI=1S/C14H8Br2N2O2/c15-8-4-5-11(10(16)6-8)18-7-17-13-9(14(19)20)2-1-3-12(13)18/h1-7H,(H,19,20). The van der Waals surface area contributed by atoms with Gasteiger partial charge in [-0.25, -0.2) is 9.78 Å². The van der Waals surface area contributed by atoms with Gasteiger partial charge in [0.2, 0.25) is 0 Å². The molecule has 0 spiro atoms. The third kappa shape index (κ3) is 2.14. The van der Waals surface area contributed by atoms with Crippen molar-refractivity contribution < 1.29 is 9.90 Å². The van der Waals surface area contributed by atoms with Crippen molar-refractivity contribution in [2.75, 3.05) is 0 Å². The van der Waals surface area contributed by atoms with Gasteiger partial charge in [0.05, 0.1) is 16.8 Å². The van der Waals surface area contributed by atoms with Crippen molar-refractivity contribution in [3.63, 3.8) is 0 Å². The van der Waals surface area contributed by atoms with E-state index >= 15 is 0 Å². The lowest BCUT2D eigenvalue weighted by Gasteiger charge is -2.07. The Morgan fingerprint density at radius 1 is 1.20 bits per heavy atom. The number of imidazole rings is 1. The fourth-order valence-corrected chi connectivity index (χ4v) is 3.32. The lowest BCUT2D eigenvalue weighted by Crippen LogP contribution is -1.98. The van der Waals surface area contributed by atoms with Crippen LogP contribution < -0.4 is 0 Å². The van der Waals surface area contributed by atoms with Gasteiger partial charge in [-0.2, -0.15) is 0 Å². The van der Waals surface area contributed by atoms with Crippen LogP contribution in [0.25, 0.3) is 16.7 Å². The summed E-state index contributed by atoms with van der Waals surface area (Å²) in [6.45, 7) is 0. The summed E-state index contributed by atoms with van der Waals surface area (Å²) in [7, 11) is 0. The van der Waals surface area contributed by atoms with Crippen molar-refractivity contribution in [3.8, 4) is 5.69 Å². The van der Waals surface area contributed by atoms with Crippen LogP contribution in [0.5, 0.6) is 0 Å². The van der Waals surface area contributed by atoms with E-state index < -0.39 is 5.97 Å². The van der Waals surface area contributed by atoms with Crippen molar-refractivity contribution >= 4 is 48.9 Å². The zero-order chi connectivity index (χ0) is 14.3. The Bertz CT molecular complexity index is 827. The van der Waals surface area contributed by atoms with Crippen molar-refractivity contribution in [2.45, 2.75) is 0 Å². The highest BCUT2D eigenvalue weighted by Crippen LogP contribution is 2.28. The van der Waals surface area contributed by atoms with Crippen LogP contribution in [0.1, 0.15) is 10.4 Å². The summed E-state index contributed by atoms with van der Waals surface area (Å²) in [4.78, 5) is 15.4. The second kappa shape index (κ2) is 5.03. The number of hydrogen-bond donors (Lipinski definition) is 1. The van der Waals surface area contributed by atoms with Gasteiger partial charge in [0.15, 0.2) is 0 Å². The van der Waals surface area contributed by atoms with Gasteiger partial charge in [-0.05, 0) is 46.3 Å². The molecule has 0 aliphatic heterocycles. The molecule has 3 aromatic rings. The van der Waals surface area contributed by atoms with Crippen LogP contribution in [-0.4, -0.2) is 20.6 Å². The van der Waals surface area contributed by atoms with E-state index in [0.29, 0.717) is 5.52 Å². The fraction of sp³-hybridized carbons (Fsp3) is 0. The van der Waals surface area contributed by atoms with E-state index in [1.165, 1.54) is 0 Å². The highest BCUT2D eigenvalue weighted by atomic mass is 79.9. The summed E-state index contributed by atoms with van der Waals surface area (Å²) in [6.07, 6.45) is 1.63. The Morgan fingerprint density at radius 2 is 2.00 bits per heavy atom. The van der Waals surface area contributed by atoms with Gasteiger partial charge in [0, 0.05) is 8.95 Å². The summed E-state index contributed by atoms with van der Waals surface area (Å²) in [5.41, 5.74) is 2.34. The largest absolute Gasteiger partial charge is 0.478 e. The van der Waals surface area contributed by atoms with Crippen LogP contribution in [0.2, 0.25) is 0 Å². The quantitative estimate of drug-likeness (QED) is 0.705. The molecule has 4 nitrogen and oxygen atoms in total. The Hall–Kier alpha value is -1.66. The number of fused-ring (bicyclic) bond motifs is 1. The highest BCUT2D eigenvalue weighted by Gasteiger charge is 2.14. The first-order valence-corrected chi connectivity index (χ1v) is 7.31. The molecular weight excluding hydrogens is 388 g/mol. The average molecular weight is 396 g/mol. The zero-order valence-corrected chi connectivity index (χ0v) is 13.2. The van der Waals surface area contributed by atoms with Crippen LogP contribution >= 0.6 is 31.9 Å². The van der Waals surface area contributed by atoms with Crippen molar-refractivity contribution in [1.29, 1.82) is 0 Å². The Balaban J connectivity index is 2.28. The van der Waals surface area contributed by atoms with E-state index in [9.17, 15) is 9.90 Å². The normalized spacial score (nSPS) is 10.9. The van der Waals surface area contributed by atoms with Crippen molar-refractivity contribution in [1.82, 2.24) is 9.55 Å². The second-order valence-corrected chi connectivity index (χ2v) is 5.96. The predicted octanol–water partition coefficient (Wildman–Crippen LogP) is 4.25. The van der Waals surface area contributed by atoms with Crippen LogP contribution in [0, 0.1) is 0 Å². The first-order valence-electron chi connectivity index (χ1n) is 5.72. The molecule has 0 aliphatic carbocycles. The van der Waals surface area contributed by atoms with E-state index in [-0.39, 0.29) is 5.56 Å². The molecule has 100 valence electrons. The molecule has 1 heterocycles. The Labute approximate surface area is 131 Å². The van der Waals surface area contributed by atoms with Crippen LogP contribution in [-0.2, 0) is 0 Å². The molecule has 0 fully saturated rings. The van der Waals surface area contributed by atoms with Gasteiger partial charge in [0.25, 0.3) is 0 Å². The minimum absolute atomic E-state index is 0.203. The lowest BCUT2D eigenvalue weighted by molar-refractivity contribution is 0.0699. The molecule has 0 amide bonds. The molecule has 0 saturated carbocycles. The molecule has 0 atom stereocenters. The molecule has 1 N–H and O–H groups in total. The minimum Gasteiger partial charge on any atom is -0.478 e. The van der Waals surface area contributed by atoms with E-state index in [1.54, 1.807) is 18.5 Å². The molecule has 0 radical (unpaired) electrons. The molecule has 0 aliphatic rings. The second-order valence-electron chi connectivity index (χ2n) is 4.19. The molecule has 3 rings (SSSR count). The van der Waals surface area contributed by atoms with Crippen LogP contribution in [0.3, 0.4) is 0 Å². The summed E-state index contributed by atoms with van der Waals surface area (Å²) in [5.74, 6) is -0.976. The van der Waals surface area contributed by atoms with Crippen molar-refractivity contribution in [3.05, 3.63) is 57.2 Å². The molecule has 0 bridgehead atoms. The van der Waals surface area contributed by atoms with E-state index in [0.717, 1.165) is 20.1 Å². The lowest BCUT2D eigenvalue weighted by atomic mass is 10.2. The summed E-state index contributed by atoms with van der Waals surface area (Å²) in [6, 6.07) is 10.9. The smallest absolute Gasteiger partial charge is 0.337 e. The molecule has 1 aromatic heterocycles. The van der Waals surface area contributed by atoms with Gasteiger partial charge < -0.3 is 5.11 Å². The maximum Gasteiger partial charge on any atom is 0.337 e. The highest BCUT2D eigenvalue weighted by molar-refractivity contribution is 9.11. The van der Waals surface area contributed by atoms with Gasteiger partial charge in [-0.1, -0.05) is 22.0 Å². The number of aromatic nitrogens is 2. The first kappa shape index (κ1) is 13.3.